The molecule has 0 aliphatic carbocycles. The number of hydrogen-bond donors (Lipinski definition) is 1. The first-order valence-electron chi connectivity index (χ1n) is 5.41. The maximum atomic E-state index is 6.00. The maximum absolute atomic E-state index is 6.00. The number of benzene rings is 2. The third-order valence-electron chi connectivity index (χ3n) is 2.49. The van der Waals surface area contributed by atoms with E-state index >= 15 is 0 Å². The molecule has 0 radical (unpaired) electrons. The minimum atomic E-state index is 0.553. The lowest BCUT2D eigenvalue weighted by molar-refractivity contribution is 1.29. The summed E-state index contributed by atoms with van der Waals surface area (Å²) in [4.78, 5) is 5.57. The van der Waals surface area contributed by atoms with E-state index in [9.17, 15) is 0 Å². The van der Waals surface area contributed by atoms with E-state index in [1.807, 2.05) is 30.3 Å². The third-order valence-corrected chi connectivity index (χ3v) is 5.30. The largest absolute Gasteiger partial charge is 0.399 e. The van der Waals surface area contributed by atoms with Crippen molar-refractivity contribution in [3.05, 3.63) is 46.4 Å². The normalized spacial score (nSPS) is 11.1. The van der Waals surface area contributed by atoms with E-state index in [4.69, 9.17) is 28.9 Å². The van der Waals surface area contributed by atoms with Crippen molar-refractivity contribution in [3.8, 4) is 0 Å². The average molecular weight is 327 g/mol. The zero-order valence-corrected chi connectivity index (χ0v) is 12.7. The Morgan fingerprint density at radius 1 is 1.05 bits per heavy atom. The average Bonchev–Trinajstić information content (AvgIpc) is 2.75. The fraction of sp³-hybridized carbons (Fsp3) is 0. The van der Waals surface area contributed by atoms with Gasteiger partial charge in [0.25, 0.3) is 0 Å². The van der Waals surface area contributed by atoms with E-state index in [0.29, 0.717) is 10.0 Å². The monoisotopic (exact) mass is 326 g/mol. The van der Waals surface area contributed by atoms with Gasteiger partial charge in [0.1, 0.15) is 0 Å². The number of hydrogen-bond acceptors (Lipinski definition) is 4. The zero-order valence-electron chi connectivity index (χ0n) is 9.56. The van der Waals surface area contributed by atoms with Crippen LogP contribution in [0.4, 0.5) is 5.69 Å². The highest BCUT2D eigenvalue weighted by molar-refractivity contribution is 8.01. The number of halogens is 2. The Balaban J connectivity index is 1.94. The summed E-state index contributed by atoms with van der Waals surface area (Å²) >= 11 is 15.1. The quantitative estimate of drug-likeness (QED) is 0.646. The first-order chi connectivity index (χ1) is 9.11. The van der Waals surface area contributed by atoms with E-state index in [-0.39, 0.29) is 0 Å². The van der Waals surface area contributed by atoms with Crippen molar-refractivity contribution < 1.29 is 0 Å². The van der Waals surface area contributed by atoms with Crippen LogP contribution in [0.2, 0.25) is 10.0 Å². The zero-order chi connectivity index (χ0) is 13.4. The Morgan fingerprint density at radius 3 is 2.68 bits per heavy atom. The second kappa shape index (κ2) is 5.21. The molecule has 0 spiro atoms. The summed E-state index contributed by atoms with van der Waals surface area (Å²) in [5, 5.41) is 1.11. The Labute approximate surface area is 128 Å². The minimum Gasteiger partial charge on any atom is -0.399 e. The highest BCUT2D eigenvalue weighted by Gasteiger charge is 2.07. The number of thiazole rings is 1. The summed E-state index contributed by atoms with van der Waals surface area (Å²) < 4.78 is 2.04. The molecule has 0 aliphatic rings. The first kappa shape index (κ1) is 13.1. The van der Waals surface area contributed by atoms with Gasteiger partial charge in [-0.15, -0.1) is 11.3 Å². The highest BCUT2D eigenvalue weighted by atomic mass is 35.5. The van der Waals surface area contributed by atoms with Crippen molar-refractivity contribution in [1.82, 2.24) is 4.98 Å². The standard InChI is InChI=1S/C13H8Cl2N2S2/c14-9-3-2-8(6-10(9)15)18-13-17-11-4-1-7(16)5-12(11)19-13/h1-6H,16H2. The summed E-state index contributed by atoms with van der Waals surface area (Å²) in [6.45, 7) is 0. The second-order valence-corrected chi connectivity index (χ2v) is 7.05. The van der Waals surface area contributed by atoms with Crippen molar-refractivity contribution in [2.24, 2.45) is 0 Å². The number of nitrogens with two attached hydrogens (primary N) is 1. The molecule has 0 amide bonds. The van der Waals surface area contributed by atoms with Gasteiger partial charge in [0.15, 0.2) is 4.34 Å². The fourth-order valence-corrected chi connectivity index (χ4v) is 4.10. The summed E-state index contributed by atoms with van der Waals surface area (Å²) in [7, 11) is 0. The molecule has 0 atom stereocenters. The van der Waals surface area contributed by atoms with Gasteiger partial charge in [-0.2, -0.15) is 0 Å². The first-order valence-corrected chi connectivity index (χ1v) is 7.80. The topological polar surface area (TPSA) is 38.9 Å². The van der Waals surface area contributed by atoms with Crippen LogP contribution in [0.1, 0.15) is 0 Å². The lowest BCUT2D eigenvalue weighted by Crippen LogP contribution is -1.81. The van der Waals surface area contributed by atoms with Crippen LogP contribution in [0.3, 0.4) is 0 Å². The Bertz CT molecular complexity index is 755. The van der Waals surface area contributed by atoms with Crippen molar-refractivity contribution >= 4 is 62.2 Å². The predicted molar refractivity (Wildman–Crippen MR) is 84.6 cm³/mol. The molecule has 3 rings (SSSR count). The van der Waals surface area contributed by atoms with Crippen LogP contribution in [0.25, 0.3) is 10.2 Å². The van der Waals surface area contributed by atoms with E-state index in [2.05, 4.69) is 4.98 Å². The van der Waals surface area contributed by atoms with Gasteiger partial charge in [-0.25, -0.2) is 4.98 Å². The number of anilines is 1. The molecule has 0 bridgehead atoms. The van der Waals surface area contributed by atoms with Crippen LogP contribution in [0.5, 0.6) is 0 Å². The maximum Gasteiger partial charge on any atom is 0.155 e. The number of nitrogen functional groups attached to an aromatic ring is 1. The van der Waals surface area contributed by atoms with Gasteiger partial charge in [0, 0.05) is 10.6 Å². The minimum absolute atomic E-state index is 0.553. The lowest BCUT2D eigenvalue weighted by atomic mass is 10.3. The Morgan fingerprint density at radius 2 is 1.89 bits per heavy atom. The molecular formula is C13H8Cl2N2S2. The summed E-state index contributed by atoms with van der Waals surface area (Å²) in [5.41, 5.74) is 7.47. The third kappa shape index (κ3) is 2.82. The van der Waals surface area contributed by atoms with Crippen molar-refractivity contribution in [1.29, 1.82) is 0 Å². The van der Waals surface area contributed by atoms with Crippen LogP contribution in [0, 0.1) is 0 Å². The molecule has 19 heavy (non-hydrogen) atoms. The van der Waals surface area contributed by atoms with Gasteiger partial charge in [-0.3, -0.25) is 0 Å². The van der Waals surface area contributed by atoms with E-state index in [0.717, 1.165) is 25.1 Å². The molecule has 3 aromatic rings. The molecule has 2 aromatic carbocycles. The second-order valence-electron chi connectivity index (χ2n) is 3.88. The van der Waals surface area contributed by atoms with Crippen LogP contribution in [0.15, 0.2) is 45.6 Å². The molecule has 0 aliphatic heterocycles. The Kier molecular flexibility index (Phi) is 3.58. The predicted octanol–water partition coefficient (Wildman–Crippen LogP) is 5.34. The molecule has 0 saturated heterocycles. The van der Waals surface area contributed by atoms with E-state index in [1.54, 1.807) is 29.2 Å². The molecule has 2 nitrogen and oxygen atoms in total. The molecule has 0 unspecified atom stereocenters. The molecular weight excluding hydrogens is 319 g/mol. The number of aromatic nitrogens is 1. The molecule has 0 fully saturated rings. The number of nitrogens with zero attached hydrogens (tertiary/aromatic N) is 1. The van der Waals surface area contributed by atoms with Crippen molar-refractivity contribution in [2.45, 2.75) is 9.24 Å². The SMILES string of the molecule is Nc1ccc2nc(Sc3ccc(Cl)c(Cl)c3)sc2c1. The molecule has 2 N–H and O–H groups in total. The van der Waals surface area contributed by atoms with Gasteiger partial charge in [-0.1, -0.05) is 35.0 Å². The van der Waals surface area contributed by atoms with Crippen LogP contribution in [-0.2, 0) is 0 Å². The number of fused-ring (bicyclic) bond motifs is 1. The molecule has 6 heteroatoms. The molecule has 0 saturated carbocycles. The van der Waals surface area contributed by atoms with Gasteiger partial charge in [0.05, 0.1) is 20.3 Å². The van der Waals surface area contributed by atoms with E-state index in [1.165, 1.54) is 0 Å². The van der Waals surface area contributed by atoms with Crippen LogP contribution in [-0.4, -0.2) is 4.98 Å². The van der Waals surface area contributed by atoms with Gasteiger partial charge >= 0.3 is 0 Å². The Hall–Kier alpha value is -0.940. The van der Waals surface area contributed by atoms with Crippen molar-refractivity contribution in [3.63, 3.8) is 0 Å². The molecule has 96 valence electrons. The lowest BCUT2D eigenvalue weighted by Gasteiger charge is -1.99. The molecule has 1 aromatic heterocycles. The smallest absolute Gasteiger partial charge is 0.155 e. The highest BCUT2D eigenvalue weighted by Crippen LogP contribution is 2.37. The van der Waals surface area contributed by atoms with Gasteiger partial charge < -0.3 is 5.73 Å². The van der Waals surface area contributed by atoms with Crippen molar-refractivity contribution in [2.75, 3.05) is 5.73 Å². The van der Waals surface area contributed by atoms with E-state index < -0.39 is 0 Å². The van der Waals surface area contributed by atoms with Gasteiger partial charge in [0.2, 0.25) is 0 Å². The summed E-state index contributed by atoms with van der Waals surface area (Å²) in [6.07, 6.45) is 0. The van der Waals surface area contributed by atoms with Crippen LogP contribution >= 0.6 is 46.3 Å². The van der Waals surface area contributed by atoms with Crippen LogP contribution < -0.4 is 5.73 Å². The number of rotatable bonds is 2. The van der Waals surface area contributed by atoms with Gasteiger partial charge in [-0.05, 0) is 36.4 Å². The molecule has 1 heterocycles. The summed E-state index contributed by atoms with van der Waals surface area (Å²) in [6, 6.07) is 11.3. The fourth-order valence-electron chi connectivity index (χ4n) is 1.60. The summed E-state index contributed by atoms with van der Waals surface area (Å²) in [5.74, 6) is 0.